The molecule has 0 aromatic carbocycles. The van der Waals surface area contributed by atoms with E-state index in [1.54, 1.807) is 11.3 Å². The zero-order chi connectivity index (χ0) is 19.2. The van der Waals surface area contributed by atoms with E-state index in [1.165, 1.54) is 4.88 Å². The third-order valence-electron chi connectivity index (χ3n) is 5.28. The molecule has 1 N–H and O–H groups in total. The summed E-state index contributed by atoms with van der Waals surface area (Å²) in [5, 5.41) is 11.4. The zero-order valence-corrected chi connectivity index (χ0v) is 17.0. The number of hydrogen-bond acceptors (Lipinski definition) is 6. The molecule has 2 aliphatic rings. The van der Waals surface area contributed by atoms with Crippen molar-refractivity contribution in [3.8, 4) is 0 Å². The van der Waals surface area contributed by atoms with Crippen LogP contribution in [-0.4, -0.2) is 73.5 Å². The fourth-order valence-corrected chi connectivity index (χ4v) is 4.60. The van der Waals surface area contributed by atoms with Crippen molar-refractivity contribution in [1.29, 1.82) is 0 Å². The second-order valence-electron chi connectivity index (χ2n) is 7.14. The van der Waals surface area contributed by atoms with Crippen LogP contribution in [0.15, 0.2) is 29.3 Å². The van der Waals surface area contributed by atoms with E-state index in [9.17, 15) is 9.90 Å². The minimum atomic E-state index is -0.468. The number of hydrogen-bond donors (Lipinski definition) is 1. The summed E-state index contributed by atoms with van der Waals surface area (Å²) in [6.45, 7) is 5.78. The van der Waals surface area contributed by atoms with Gasteiger partial charge in [-0.3, -0.25) is 4.79 Å². The Hall–Kier alpha value is -1.41. The molecule has 150 valence electrons. The van der Waals surface area contributed by atoms with Crippen molar-refractivity contribution in [3.63, 3.8) is 0 Å². The number of ether oxygens (including phenoxy) is 2. The molecule has 2 aliphatic heterocycles. The predicted octanol–water partition coefficient (Wildman–Crippen LogP) is 2.27. The molecule has 0 radical (unpaired) electrons. The summed E-state index contributed by atoms with van der Waals surface area (Å²) < 4.78 is 12.0. The lowest BCUT2D eigenvalue weighted by molar-refractivity contribution is -0.170. The van der Waals surface area contributed by atoms with Crippen LogP contribution in [0.2, 0.25) is 0 Å². The molecule has 1 aromatic rings. The van der Waals surface area contributed by atoms with Crippen LogP contribution in [-0.2, 0) is 14.3 Å². The minimum absolute atomic E-state index is 0.0463. The molecule has 1 fully saturated rings. The van der Waals surface area contributed by atoms with Gasteiger partial charge in [0.25, 0.3) is 5.91 Å². The molecule has 0 unspecified atom stereocenters. The number of aliphatic hydroxyl groups excluding tert-OH is 1. The molecule has 0 aliphatic carbocycles. The summed E-state index contributed by atoms with van der Waals surface area (Å²) in [6.07, 6.45) is 2.99. The molecule has 1 saturated heterocycles. The number of piperazine rings is 1. The Morgan fingerprint density at radius 2 is 2.15 bits per heavy atom. The van der Waals surface area contributed by atoms with E-state index in [1.807, 2.05) is 24.0 Å². The van der Waals surface area contributed by atoms with Crippen molar-refractivity contribution >= 4 is 17.2 Å². The van der Waals surface area contributed by atoms with E-state index in [4.69, 9.17) is 9.47 Å². The number of allylic oxidation sites excluding steroid dienone is 1. The number of aliphatic hydroxyl groups is 1. The van der Waals surface area contributed by atoms with E-state index in [0.29, 0.717) is 31.9 Å². The number of carbonyl (C=O) groups excluding carboxylic acids is 1. The number of rotatable bonds is 7. The van der Waals surface area contributed by atoms with Gasteiger partial charge in [0.2, 0.25) is 6.29 Å². The smallest absolute Gasteiger partial charge is 0.288 e. The van der Waals surface area contributed by atoms with Crippen molar-refractivity contribution in [1.82, 2.24) is 9.80 Å². The molecule has 0 bridgehead atoms. The Bertz CT molecular complexity index is 626. The maximum Gasteiger partial charge on any atom is 0.288 e. The van der Waals surface area contributed by atoms with Crippen molar-refractivity contribution in [2.75, 3.05) is 46.4 Å². The van der Waals surface area contributed by atoms with Crippen molar-refractivity contribution in [3.05, 3.63) is 34.2 Å². The Kier molecular flexibility index (Phi) is 7.29. The standard InChI is InChI=1S/C20H30N2O4S/c1-3-25-20-15(6-4-12-23)16(18-7-5-13-27-18)14-17(26-20)19(24)22-10-8-21(2)9-11-22/h5,7,13-16,20,23H,3-4,6,8-12H2,1-2H3/t15-,16+,20-/m1/s1. The van der Waals surface area contributed by atoms with Crippen LogP contribution < -0.4 is 0 Å². The summed E-state index contributed by atoms with van der Waals surface area (Å²) in [6, 6.07) is 4.13. The van der Waals surface area contributed by atoms with Gasteiger partial charge in [0.05, 0.1) is 0 Å². The monoisotopic (exact) mass is 394 g/mol. The third-order valence-corrected chi connectivity index (χ3v) is 6.26. The molecule has 1 aromatic heterocycles. The minimum Gasteiger partial charge on any atom is -0.459 e. The molecule has 3 heterocycles. The average molecular weight is 395 g/mol. The number of amides is 1. The first-order valence-electron chi connectivity index (χ1n) is 9.76. The summed E-state index contributed by atoms with van der Waals surface area (Å²) in [7, 11) is 2.07. The number of carbonyl (C=O) groups is 1. The van der Waals surface area contributed by atoms with Gasteiger partial charge in [0.1, 0.15) is 0 Å². The maximum absolute atomic E-state index is 13.1. The van der Waals surface area contributed by atoms with Gasteiger partial charge in [0, 0.05) is 56.1 Å². The predicted molar refractivity (Wildman–Crippen MR) is 106 cm³/mol. The van der Waals surface area contributed by atoms with E-state index >= 15 is 0 Å². The van der Waals surface area contributed by atoms with Crippen molar-refractivity contribution < 1.29 is 19.4 Å². The topological polar surface area (TPSA) is 62.2 Å². The van der Waals surface area contributed by atoms with E-state index in [2.05, 4.69) is 23.4 Å². The van der Waals surface area contributed by atoms with Crippen LogP contribution in [0.25, 0.3) is 0 Å². The van der Waals surface area contributed by atoms with Gasteiger partial charge in [-0.15, -0.1) is 11.3 Å². The molecule has 1 amide bonds. The number of likely N-dealkylation sites (N-methyl/N-ethyl adjacent to an activating group) is 1. The number of thiophene rings is 1. The highest BCUT2D eigenvalue weighted by atomic mass is 32.1. The molecule has 27 heavy (non-hydrogen) atoms. The van der Waals surface area contributed by atoms with Gasteiger partial charge >= 0.3 is 0 Å². The fourth-order valence-electron chi connectivity index (χ4n) is 3.73. The van der Waals surface area contributed by atoms with Crippen LogP contribution in [0.5, 0.6) is 0 Å². The highest BCUT2D eigenvalue weighted by Crippen LogP contribution is 2.41. The first-order chi connectivity index (χ1) is 13.1. The first-order valence-corrected chi connectivity index (χ1v) is 10.6. The lowest BCUT2D eigenvalue weighted by Crippen LogP contribution is -2.49. The Morgan fingerprint density at radius 3 is 2.78 bits per heavy atom. The van der Waals surface area contributed by atoms with Gasteiger partial charge in [-0.25, -0.2) is 0 Å². The fraction of sp³-hybridized carbons (Fsp3) is 0.650. The largest absolute Gasteiger partial charge is 0.459 e. The summed E-state index contributed by atoms with van der Waals surface area (Å²) in [5.74, 6) is 0.500. The summed E-state index contributed by atoms with van der Waals surface area (Å²) in [4.78, 5) is 18.4. The molecule has 0 saturated carbocycles. The zero-order valence-electron chi connectivity index (χ0n) is 16.2. The van der Waals surface area contributed by atoms with Crippen molar-refractivity contribution in [2.45, 2.75) is 32.0 Å². The van der Waals surface area contributed by atoms with Gasteiger partial charge in [-0.1, -0.05) is 6.07 Å². The second-order valence-corrected chi connectivity index (χ2v) is 8.12. The van der Waals surface area contributed by atoms with Crippen LogP contribution in [0.1, 0.15) is 30.6 Å². The van der Waals surface area contributed by atoms with Gasteiger partial charge in [0.15, 0.2) is 5.76 Å². The van der Waals surface area contributed by atoms with Gasteiger partial charge in [-0.2, -0.15) is 0 Å². The van der Waals surface area contributed by atoms with Gasteiger partial charge in [-0.05, 0) is 44.3 Å². The summed E-state index contributed by atoms with van der Waals surface area (Å²) in [5.41, 5.74) is 0. The molecular weight excluding hydrogens is 364 g/mol. The lowest BCUT2D eigenvalue weighted by atomic mass is 9.84. The van der Waals surface area contributed by atoms with E-state index < -0.39 is 6.29 Å². The quantitative estimate of drug-likeness (QED) is 0.769. The SMILES string of the molecule is CCO[C@@H]1OC(C(=O)N2CCN(C)CC2)=C[C@H](c2cccs2)[C@H]1CCCO. The average Bonchev–Trinajstić information content (AvgIpc) is 3.21. The Morgan fingerprint density at radius 1 is 1.37 bits per heavy atom. The Balaban J connectivity index is 1.85. The summed E-state index contributed by atoms with van der Waals surface area (Å²) >= 11 is 1.69. The maximum atomic E-state index is 13.1. The van der Waals surface area contributed by atoms with Crippen LogP contribution in [0.3, 0.4) is 0 Å². The highest BCUT2D eigenvalue weighted by molar-refractivity contribution is 7.10. The lowest BCUT2D eigenvalue weighted by Gasteiger charge is -2.38. The normalized spacial score (nSPS) is 26.6. The molecule has 7 heteroatoms. The van der Waals surface area contributed by atoms with Gasteiger partial charge < -0.3 is 24.4 Å². The van der Waals surface area contributed by atoms with Crippen LogP contribution in [0, 0.1) is 5.92 Å². The molecule has 3 rings (SSSR count). The molecule has 0 spiro atoms. The van der Waals surface area contributed by atoms with Crippen LogP contribution >= 0.6 is 11.3 Å². The first kappa shape index (κ1) is 20.3. The van der Waals surface area contributed by atoms with Crippen LogP contribution in [0.4, 0.5) is 0 Å². The Labute approximate surface area is 165 Å². The van der Waals surface area contributed by atoms with Crippen molar-refractivity contribution in [2.24, 2.45) is 5.92 Å². The highest BCUT2D eigenvalue weighted by Gasteiger charge is 2.39. The third kappa shape index (κ3) is 4.90. The molecule has 6 nitrogen and oxygen atoms in total. The number of nitrogens with zero attached hydrogens (tertiary/aromatic N) is 2. The second kappa shape index (κ2) is 9.68. The molecule has 3 atom stereocenters. The molecular formula is C20H30N2O4S. The van der Waals surface area contributed by atoms with E-state index in [-0.39, 0.29) is 24.3 Å². The van der Waals surface area contributed by atoms with E-state index in [0.717, 1.165) is 19.5 Å².